The van der Waals surface area contributed by atoms with Crippen molar-refractivity contribution in [2.75, 3.05) is 6.26 Å². The van der Waals surface area contributed by atoms with Crippen molar-refractivity contribution in [2.24, 2.45) is 0 Å². The third kappa shape index (κ3) is 4.01. The normalized spacial score (nSPS) is 24.3. The van der Waals surface area contributed by atoms with Crippen LogP contribution in [0, 0.1) is 6.92 Å². The molecule has 0 saturated heterocycles. The quantitative estimate of drug-likeness (QED) is 0.915. The minimum atomic E-state index is -2.91. The van der Waals surface area contributed by atoms with Crippen molar-refractivity contribution in [3.05, 3.63) is 29.6 Å². The highest BCUT2D eigenvalue weighted by molar-refractivity contribution is 7.91. The summed E-state index contributed by atoms with van der Waals surface area (Å²) >= 11 is 0. The average molecular weight is 282 g/mol. The number of aryl methyl sites for hydroxylation is 1. The molecule has 106 valence electrons. The zero-order valence-corrected chi connectivity index (χ0v) is 12.4. The molecule has 2 rings (SSSR count). The van der Waals surface area contributed by atoms with Gasteiger partial charge in [-0.05, 0) is 37.8 Å². The Morgan fingerprint density at radius 1 is 1.42 bits per heavy atom. The maximum Gasteiger partial charge on any atom is 0.150 e. The van der Waals surface area contributed by atoms with E-state index >= 15 is 0 Å². The Hall–Kier alpha value is -0.940. The maximum atomic E-state index is 11.6. The molecule has 5 heteroatoms. The van der Waals surface area contributed by atoms with Gasteiger partial charge in [-0.2, -0.15) is 0 Å². The number of sulfone groups is 1. The van der Waals surface area contributed by atoms with E-state index in [0.29, 0.717) is 6.54 Å². The zero-order chi connectivity index (χ0) is 13.9. The minimum absolute atomic E-state index is 0.177. The molecule has 0 amide bonds. The number of rotatable bonds is 4. The Morgan fingerprint density at radius 2 is 2.21 bits per heavy atom. The maximum absolute atomic E-state index is 11.6. The predicted octanol–water partition coefficient (Wildman–Crippen LogP) is 1.84. The molecule has 0 radical (unpaired) electrons. The lowest BCUT2D eigenvalue weighted by Crippen LogP contribution is -2.38. The number of pyridine rings is 1. The van der Waals surface area contributed by atoms with Gasteiger partial charge >= 0.3 is 0 Å². The molecule has 0 aliphatic heterocycles. The highest BCUT2D eigenvalue weighted by atomic mass is 32.2. The molecule has 1 aromatic rings. The SMILES string of the molecule is Cc1cccnc1CNC1CCCC(S(C)(=O)=O)C1. The molecule has 0 spiro atoms. The Morgan fingerprint density at radius 3 is 2.89 bits per heavy atom. The Balaban J connectivity index is 1.92. The fourth-order valence-corrected chi connectivity index (χ4v) is 3.84. The number of hydrogen-bond donors (Lipinski definition) is 1. The van der Waals surface area contributed by atoms with Crippen molar-refractivity contribution in [2.45, 2.75) is 50.4 Å². The van der Waals surface area contributed by atoms with Crippen molar-refractivity contribution >= 4 is 9.84 Å². The standard InChI is InChI=1S/C14H22N2O2S/c1-11-5-4-8-15-14(11)10-16-12-6-3-7-13(9-12)19(2,17)18/h4-5,8,12-13,16H,3,6-7,9-10H2,1-2H3. The summed E-state index contributed by atoms with van der Waals surface area (Å²) in [6.07, 6.45) is 6.71. The second-order valence-corrected chi connectivity index (χ2v) is 7.79. The number of nitrogens with one attached hydrogen (secondary N) is 1. The molecule has 1 aliphatic carbocycles. The summed E-state index contributed by atoms with van der Waals surface area (Å²) in [5.41, 5.74) is 2.22. The summed E-state index contributed by atoms with van der Waals surface area (Å²) in [5.74, 6) is 0. The predicted molar refractivity (Wildman–Crippen MR) is 76.7 cm³/mol. The first kappa shape index (κ1) is 14.5. The third-order valence-electron chi connectivity index (χ3n) is 3.91. The second kappa shape index (κ2) is 6.01. The van der Waals surface area contributed by atoms with Gasteiger partial charge in [-0.25, -0.2) is 8.42 Å². The van der Waals surface area contributed by atoms with Crippen molar-refractivity contribution in [3.8, 4) is 0 Å². The van der Waals surface area contributed by atoms with Crippen LogP contribution in [0.25, 0.3) is 0 Å². The van der Waals surface area contributed by atoms with E-state index < -0.39 is 9.84 Å². The molecule has 19 heavy (non-hydrogen) atoms. The van der Waals surface area contributed by atoms with Crippen LogP contribution < -0.4 is 5.32 Å². The van der Waals surface area contributed by atoms with Gasteiger partial charge in [-0.15, -0.1) is 0 Å². The Labute approximate surface area is 115 Å². The van der Waals surface area contributed by atoms with Crippen LogP contribution in [-0.4, -0.2) is 30.9 Å². The van der Waals surface area contributed by atoms with E-state index in [0.717, 1.165) is 31.4 Å². The molecule has 0 bridgehead atoms. The van der Waals surface area contributed by atoms with Crippen molar-refractivity contribution in [3.63, 3.8) is 0 Å². The molecule has 1 saturated carbocycles. The van der Waals surface area contributed by atoms with Crippen LogP contribution in [0.3, 0.4) is 0 Å². The summed E-state index contributed by atoms with van der Waals surface area (Å²) in [6, 6.07) is 4.26. The van der Waals surface area contributed by atoms with Gasteiger partial charge in [-0.1, -0.05) is 12.5 Å². The first-order valence-corrected chi connectivity index (χ1v) is 8.75. The smallest absolute Gasteiger partial charge is 0.150 e. The molecular formula is C14H22N2O2S. The fraction of sp³-hybridized carbons (Fsp3) is 0.643. The van der Waals surface area contributed by atoms with Gasteiger partial charge in [0.1, 0.15) is 9.84 Å². The largest absolute Gasteiger partial charge is 0.308 e. The molecule has 2 atom stereocenters. The van der Waals surface area contributed by atoms with E-state index in [2.05, 4.69) is 10.3 Å². The van der Waals surface area contributed by atoms with Gasteiger partial charge in [0.05, 0.1) is 10.9 Å². The van der Waals surface area contributed by atoms with Gasteiger partial charge < -0.3 is 5.32 Å². The lowest BCUT2D eigenvalue weighted by Gasteiger charge is -2.28. The van der Waals surface area contributed by atoms with Crippen LogP contribution >= 0.6 is 0 Å². The van der Waals surface area contributed by atoms with Crippen LogP contribution in [0.5, 0.6) is 0 Å². The molecule has 4 nitrogen and oxygen atoms in total. The summed E-state index contributed by atoms with van der Waals surface area (Å²) in [7, 11) is -2.91. The van der Waals surface area contributed by atoms with E-state index in [-0.39, 0.29) is 11.3 Å². The molecule has 1 aliphatic rings. The van der Waals surface area contributed by atoms with E-state index in [1.165, 1.54) is 11.8 Å². The van der Waals surface area contributed by atoms with Crippen molar-refractivity contribution in [1.82, 2.24) is 10.3 Å². The van der Waals surface area contributed by atoms with E-state index in [1.54, 1.807) is 6.20 Å². The summed E-state index contributed by atoms with van der Waals surface area (Å²) in [4.78, 5) is 4.35. The summed E-state index contributed by atoms with van der Waals surface area (Å²) in [5, 5.41) is 3.28. The van der Waals surface area contributed by atoms with Crippen LogP contribution in [0.4, 0.5) is 0 Å². The molecule has 1 fully saturated rings. The van der Waals surface area contributed by atoms with Crippen molar-refractivity contribution < 1.29 is 8.42 Å². The van der Waals surface area contributed by atoms with Gasteiger partial charge in [-0.3, -0.25) is 4.98 Å². The lowest BCUT2D eigenvalue weighted by atomic mass is 9.95. The van der Waals surface area contributed by atoms with Gasteiger partial charge in [0, 0.05) is 25.0 Å². The van der Waals surface area contributed by atoms with E-state index in [1.807, 2.05) is 19.1 Å². The lowest BCUT2D eigenvalue weighted by molar-refractivity contribution is 0.369. The Kier molecular flexibility index (Phi) is 4.58. The molecule has 2 unspecified atom stereocenters. The van der Waals surface area contributed by atoms with Gasteiger partial charge in [0.25, 0.3) is 0 Å². The van der Waals surface area contributed by atoms with E-state index in [9.17, 15) is 8.42 Å². The summed E-state index contributed by atoms with van der Waals surface area (Å²) < 4.78 is 23.2. The van der Waals surface area contributed by atoms with Crippen LogP contribution in [0.15, 0.2) is 18.3 Å². The minimum Gasteiger partial charge on any atom is -0.308 e. The Bertz CT molecular complexity index is 528. The van der Waals surface area contributed by atoms with Crippen LogP contribution in [-0.2, 0) is 16.4 Å². The first-order chi connectivity index (χ1) is 8.97. The molecule has 1 aromatic heterocycles. The zero-order valence-electron chi connectivity index (χ0n) is 11.6. The first-order valence-electron chi connectivity index (χ1n) is 6.79. The highest BCUT2D eigenvalue weighted by Gasteiger charge is 2.28. The third-order valence-corrected chi connectivity index (χ3v) is 5.55. The molecule has 1 heterocycles. The number of hydrogen-bond acceptors (Lipinski definition) is 4. The van der Waals surface area contributed by atoms with Crippen LogP contribution in [0.1, 0.15) is 36.9 Å². The molecule has 0 aromatic carbocycles. The van der Waals surface area contributed by atoms with Gasteiger partial charge in [0.15, 0.2) is 0 Å². The monoisotopic (exact) mass is 282 g/mol. The second-order valence-electron chi connectivity index (χ2n) is 5.46. The molecule has 1 N–H and O–H groups in total. The fourth-order valence-electron chi connectivity index (χ4n) is 2.66. The summed E-state index contributed by atoms with van der Waals surface area (Å²) in [6.45, 7) is 2.76. The number of aromatic nitrogens is 1. The average Bonchev–Trinajstić information content (AvgIpc) is 2.37. The highest BCUT2D eigenvalue weighted by Crippen LogP contribution is 2.24. The molecular weight excluding hydrogens is 260 g/mol. The van der Waals surface area contributed by atoms with Gasteiger partial charge in [0.2, 0.25) is 0 Å². The topological polar surface area (TPSA) is 59.1 Å². The number of nitrogens with zero attached hydrogens (tertiary/aromatic N) is 1. The van der Waals surface area contributed by atoms with E-state index in [4.69, 9.17) is 0 Å². The van der Waals surface area contributed by atoms with Crippen molar-refractivity contribution in [1.29, 1.82) is 0 Å². The van der Waals surface area contributed by atoms with Crippen LogP contribution in [0.2, 0.25) is 0 Å².